The zero-order valence-corrected chi connectivity index (χ0v) is 20.6. The van der Waals surface area contributed by atoms with Gasteiger partial charge in [-0.25, -0.2) is 0 Å². The monoisotopic (exact) mass is 472 g/mol. The van der Waals surface area contributed by atoms with Crippen LogP contribution in [0.2, 0.25) is 0 Å². The first-order chi connectivity index (χ1) is 17.4. The van der Waals surface area contributed by atoms with Gasteiger partial charge in [-0.05, 0) is 52.4 Å². The molecule has 0 spiro atoms. The molecule has 0 aliphatic heterocycles. The number of pyridine rings is 1. The third-order valence-electron chi connectivity index (χ3n) is 6.15. The highest BCUT2D eigenvalue weighted by Gasteiger charge is 2.20. The van der Waals surface area contributed by atoms with Crippen molar-refractivity contribution in [3.05, 3.63) is 114 Å². The number of rotatable bonds is 5. The molecule has 0 aliphatic rings. The third-order valence-corrected chi connectivity index (χ3v) is 6.15. The summed E-state index contributed by atoms with van der Waals surface area (Å²) in [6, 6.07) is 27.9. The van der Waals surface area contributed by atoms with Gasteiger partial charge in [-0.1, -0.05) is 75.4 Å². The number of nitrogens with one attached hydrogen (secondary N) is 2. The molecule has 0 atom stereocenters. The Balaban J connectivity index is 1.52. The van der Waals surface area contributed by atoms with Crippen LogP contribution < -0.4 is 5.32 Å². The Bertz CT molecular complexity index is 1530. The Morgan fingerprint density at radius 3 is 2.33 bits per heavy atom. The van der Waals surface area contributed by atoms with E-state index in [4.69, 9.17) is 4.99 Å². The summed E-state index contributed by atoms with van der Waals surface area (Å²) in [7, 11) is 0. The molecular weight excluding hydrogens is 444 g/mol. The van der Waals surface area contributed by atoms with Crippen LogP contribution in [-0.2, 0) is 5.41 Å². The van der Waals surface area contributed by atoms with Crippen LogP contribution in [0.1, 0.15) is 42.4 Å². The number of aromatic amines is 1. The van der Waals surface area contributed by atoms with Gasteiger partial charge in [-0.15, -0.1) is 0 Å². The topological polar surface area (TPSA) is 70.1 Å². The molecule has 5 rings (SSSR count). The van der Waals surface area contributed by atoms with E-state index < -0.39 is 0 Å². The van der Waals surface area contributed by atoms with Crippen LogP contribution in [0.15, 0.2) is 102 Å². The van der Waals surface area contributed by atoms with E-state index in [0.29, 0.717) is 11.4 Å². The Labute approximate surface area is 211 Å². The number of nitrogens with zero attached hydrogens (tertiary/aromatic N) is 2. The molecule has 1 amide bonds. The second-order valence-corrected chi connectivity index (χ2v) is 9.79. The minimum Gasteiger partial charge on any atom is -0.350 e. The molecule has 0 saturated carbocycles. The molecule has 5 aromatic rings. The number of amides is 1. The molecule has 5 nitrogen and oxygen atoms in total. The van der Waals surface area contributed by atoms with Crippen LogP contribution in [0, 0.1) is 0 Å². The van der Waals surface area contributed by atoms with Gasteiger partial charge in [0.2, 0.25) is 0 Å². The van der Waals surface area contributed by atoms with Gasteiger partial charge in [0.25, 0.3) is 5.91 Å². The van der Waals surface area contributed by atoms with Gasteiger partial charge < -0.3 is 10.3 Å². The molecular formula is C31H28N4O. The highest BCUT2D eigenvalue weighted by molar-refractivity contribution is 6.14. The second-order valence-electron chi connectivity index (χ2n) is 9.79. The largest absolute Gasteiger partial charge is 0.350 e. The number of H-pyrrole nitrogens is 1. The van der Waals surface area contributed by atoms with E-state index in [1.165, 1.54) is 5.56 Å². The van der Waals surface area contributed by atoms with Gasteiger partial charge in [-0.2, -0.15) is 0 Å². The summed E-state index contributed by atoms with van der Waals surface area (Å²) in [4.78, 5) is 25.3. The average molecular weight is 473 g/mol. The maximum absolute atomic E-state index is 13.3. The molecule has 0 radical (unpaired) electrons. The van der Waals surface area contributed by atoms with Crippen LogP contribution in [0.4, 0.5) is 11.4 Å². The number of carbonyl (C=O) groups is 1. The summed E-state index contributed by atoms with van der Waals surface area (Å²) >= 11 is 0. The quantitative estimate of drug-likeness (QED) is 0.260. The number of anilines is 1. The normalized spacial score (nSPS) is 11.8. The molecule has 2 heterocycles. The van der Waals surface area contributed by atoms with Gasteiger partial charge >= 0.3 is 0 Å². The number of aromatic nitrogens is 2. The molecule has 3 aromatic carbocycles. The minimum atomic E-state index is -0.208. The lowest BCUT2D eigenvalue weighted by Crippen LogP contribution is -2.13. The van der Waals surface area contributed by atoms with Crippen LogP contribution >= 0.6 is 0 Å². The van der Waals surface area contributed by atoms with E-state index in [-0.39, 0.29) is 11.3 Å². The standard InChI is InChI=1S/C31H28N4O/c1-31(2,3)23-11-9-21(10-12-23)20-33-25-13-14-27-26(19-25)28(22-7-5-4-6-8-22)29(35-27)30(36)34-24-15-17-32-18-16-24/h4-20,35H,1-3H3,(H,32,34,36)/b33-20+. The highest BCUT2D eigenvalue weighted by Crippen LogP contribution is 2.35. The van der Waals surface area contributed by atoms with E-state index in [0.717, 1.165) is 33.3 Å². The van der Waals surface area contributed by atoms with Crippen LogP contribution in [-0.4, -0.2) is 22.1 Å². The third kappa shape index (κ3) is 4.96. The molecule has 36 heavy (non-hydrogen) atoms. The smallest absolute Gasteiger partial charge is 0.272 e. The number of hydrogen-bond acceptors (Lipinski definition) is 3. The number of hydrogen-bond donors (Lipinski definition) is 2. The first-order valence-electron chi connectivity index (χ1n) is 12.0. The van der Waals surface area contributed by atoms with E-state index in [2.05, 4.69) is 60.3 Å². The van der Waals surface area contributed by atoms with E-state index in [9.17, 15) is 4.79 Å². The Hall–Kier alpha value is -4.51. The Kier molecular flexibility index (Phi) is 6.21. The van der Waals surface area contributed by atoms with Crippen molar-refractivity contribution in [1.29, 1.82) is 0 Å². The lowest BCUT2D eigenvalue weighted by molar-refractivity contribution is 0.102. The van der Waals surface area contributed by atoms with Crippen molar-refractivity contribution >= 4 is 34.4 Å². The lowest BCUT2D eigenvalue weighted by atomic mass is 9.87. The highest BCUT2D eigenvalue weighted by atomic mass is 16.1. The zero-order valence-electron chi connectivity index (χ0n) is 20.6. The van der Waals surface area contributed by atoms with E-state index in [1.807, 2.05) is 54.7 Å². The maximum Gasteiger partial charge on any atom is 0.272 e. The van der Waals surface area contributed by atoms with Crippen molar-refractivity contribution in [2.24, 2.45) is 4.99 Å². The number of fused-ring (bicyclic) bond motifs is 1. The summed E-state index contributed by atoms with van der Waals surface area (Å²) in [6.45, 7) is 6.62. The minimum absolute atomic E-state index is 0.115. The maximum atomic E-state index is 13.3. The lowest BCUT2D eigenvalue weighted by Gasteiger charge is -2.18. The number of carbonyl (C=O) groups excluding carboxylic acids is 1. The first-order valence-corrected chi connectivity index (χ1v) is 12.0. The molecule has 2 N–H and O–H groups in total. The SMILES string of the molecule is CC(C)(C)c1ccc(/C=N/c2ccc3[nH]c(C(=O)Nc4ccncc4)c(-c4ccccc4)c3c2)cc1. The number of aliphatic imine (C=N–C) groups is 1. The second kappa shape index (κ2) is 9.62. The Morgan fingerprint density at radius 1 is 0.917 bits per heavy atom. The molecule has 0 bridgehead atoms. The molecule has 2 aromatic heterocycles. The average Bonchev–Trinajstić information content (AvgIpc) is 3.27. The fourth-order valence-electron chi connectivity index (χ4n) is 4.18. The van der Waals surface area contributed by atoms with Crippen LogP contribution in [0.3, 0.4) is 0 Å². The van der Waals surface area contributed by atoms with Gasteiger partial charge in [-0.3, -0.25) is 14.8 Å². The fraction of sp³-hybridized carbons (Fsp3) is 0.129. The summed E-state index contributed by atoms with van der Waals surface area (Å²) in [5.74, 6) is -0.208. The molecule has 178 valence electrons. The van der Waals surface area contributed by atoms with Crippen LogP contribution in [0.25, 0.3) is 22.0 Å². The van der Waals surface area contributed by atoms with Gasteiger partial charge in [0.15, 0.2) is 0 Å². The van der Waals surface area contributed by atoms with Crippen molar-refractivity contribution in [2.75, 3.05) is 5.32 Å². The molecule has 0 aliphatic carbocycles. The van der Waals surface area contributed by atoms with Crippen molar-refractivity contribution in [1.82, 2.24) is 9.97 Å². The Morgan fingerprint density at radius 2 is 1.64 bits per heavy atom. The van der Waals surface area contributed by atoms with Crippen molar-refractivity contribution in [3.63, 3.8) is 0 Å². The van der Waals surface area contributed by atoms with E-state index in [1.54, 1.807) is 24.5 Å². The predicted octanol–water partition coefficient (Wildman–Crippen LogP) is 7.53. The van der Waals surface area contributed by atoms with E-state index >= 15 is 0 Å². The van der Waals surface area contributed by atoms with Crippen LogP contribution in [0.5, 0.6) is 0 Å². The zero-order chi connectivity index (χ0) is 25.1. The molecule has 0 unspecified atom stereocenters. The summed E-state index contributed by atoms with van der Waals surface area (Å²) in [5, 5.41) is 3.91. The van der Waals surface area contributed by atoms with Crippen molar-refractivity contribution in [3.8, 4) is 11.1 Å². The van der Waals surface area contributed by atoms with Crippen molar-refractivity contribution < 1.29 is 4.79 Å². The number of benzene rings is 3. The fourth-order valence-corrected chi connectivity index (χ4v) is 4.18. The molecule has 0 saturated heterocycles. The van der Waals surface area contributed by atoms with Crippen molar-refractivity contribution in [2.45, 2.75) is 26.2 Å². The predicted molar refractivity (Wildman–Crippen MR) is 148 cm³/mol. The molecule has 0 fully saturated rings. The molecule has 5 heteroatoms. The summed E-state index contributed by atoms with van der Waals surface area (Å²) in [5.41, 5.74) is 7.15. The van der Waals surface area contributed by atoms with Gasteiger partial charge in [0, 0.05) is 40.8 Å². The summed E-state index contributed by atoms with van der Waals surface area (Å²) in [6.07, 6.45) is 5.18. The first kappa shape index (κ1) is 23.2. The summed E-state index contributed by atoms with van der Waals surface area (Å²) < 4.78 is 0. The van der Waals surface area contributed by atoms with Gasteiger partial charge in [0.05, 0.1) is 5.69 Å². The van der Waals surface area contributed by atoms with Gasteiger partial charge in [0.1, 0.15) is 5.69 Å².